The van der Waals surface area contributed by atoms with Crippen molar-refractivity contribution in [3.63, 3.8) is 0 Å². The van der Waals surface area contributed by atoms with Crippen LogP contribution in [0.1, 0.15) is 31.4 Å². The molecule has 0 saturated carbocycles. The van der Waals surface area contributed by atoms with Crippen molar-refractivity contribution in [3.05, 3.63) is 41.2 Å². The standard InChI is InChI=1S/C19H24FN3OS/c20-16-7-4-6-15(12-16)19-22-17(14-25-19)13-18(24)21-8-5-11-23-9-2-1-3-10-23/h4,6-7,12,14H,1-3,5,8-11,13H2,(H,21,24). The molecule has 25 heavy (non-hydrogen) atoms. The van der Waals surface area contributed by atoms with E-state index >= 15 is 0 Å². The second-order valence-electron chi connectivity index (χ2n) is 6.44. The van der Waals surface area contributed by atoms with Crippen LogP contribution in [0.3, 0.4) is 0 Å². The molecule has 2 aromatic rings. The predicted octanol–water partition coefficient (Wildman–Crippen LogP) is 3.48. The summed E-state index contributed by atoms with van der Waals surface area (Å²) in [6.07, 6.45) is 5.19. The topological polar surface area (TPSA) is 45.2 Å². The summed E-state index contributed by atoms with van der Waals surface area (Å²) >= 11 is 1.44. The van der Waals surface area contributed by atoms with Crippen molar-refractivity contribution in [2.45, 2.75) is 32.1 Å². The monoisotopic (exact) mass is 361 g/mol. The molecule has 3 rings (SSSR count). The molecule has 0 atom stereocenters. The Bertz CT molecular complexity index is 697. The number of halogens is 1. The van der Waals surface area contributed by atoms with E-state index in [1.54, 1.807) is 6.07 Å². The lowest BCUT2D eigenvalue weighted by Crippen LogP contribution is -2.33. The van der Waals surface area contributed by atoms with E-state index < -0.39 is 0 Å². The Balaban J connectivity index is 1.41. The molecule has 2 heterocycles. The van der Waals surface area contributed by atoms with E-state index in [2.05, 4.69) is 15.2 Å². The third-order valence-electron chi connectivity index (χ3n) is 4.39. The maximum Gasteiger partial charge on any atom is 0.226 e. The Morgan fingerprint density at radius 3 is 2.92 bits per heavy atom. The number of benzene rings is 1. The average molecular weight is 361 g/mol. The van der Waals surface area contributed by atoms with Crippen molar-refractivity contribution in [3.8, 4) is 10.6 Å². The summed E-state index contributed by atoms with van der Waals surface area (Å²) in [5, 5.41) is 5.58. The quantitative estimate of drug-likeness (QED) is 0.768. The number of likely N-dealkylation sites (tertiary alicyclic amines) is 1. The summed E-state index contributed by atoms with van der Waals surface area (Å²) in [6.45, 7) is 4.14. The van der Waals surface area contributed by atoms with Crippen molar-refractivity contribution in [2.24, 2.45) is 0 Å². The number of carbonyl (C=O) groups excluding carboxylic acids is 1. The van der Waals surface area contributed by atoms with E-state index in [4.69, 9.17) is 0 Å². The Kier molecular flexibility index (Phi) is 6.53. The van der Waals surface area contributed by atoms with Crippen molar-refractivity contribution in [1.29, 1.82) is 0 Å². The Hall–Kier alpha value is -1.79. The van der Waals surface area contributed by atoms with Crippen LogP contribution in [0, 0.1) is 5.82 Å². The molecular weight excluding hydrogens is 337 g/mol. The van der Waals surface area contributed by atoms with Crippen LogP contribution in [-0.4, -0.2) is 42.0 Å². The number of carbonyl (C=O) groups is 1. The molecule has 1 aliphatic rings. The first-order valence-corrected chi connectivity index (χ1v) is 9.78. The number of hydrogen-bond donors (Lipinski definition) is 1. The number of aromatic nitrogens is 1. The smallest absolute Gasteiger partial charge is 0.226 e. The summed E-state index contributed by atoms with van der Waals surface area (Å²) in [7, 11) is 0. The van der Waals surface area contributed by atoms with E-state index in [9.17, 15) is 9.18 Å². The van der Waals surface area contributed by atoms with Gasteiger partial charge in [-0.15, -0.1) is 11.3 Å². The van der Waals surface area contributed by atoms with Gasteiger partial charge >= 0.3 is 0 Å². The molecule has 1 aromatic carbocycles. The third kappa shape index (κ3) is 5.61. The molecular formula is C19H24FN3OS. The number of amides is 1. The molecule has 1 aromatic heterocycles. The van der Waals surface area contributed by atoms with E-state index in [1.807, 2.05) is 11.4 Å². The van der Waals surface area contributed by atoms with Crippen LogP contribution in [0.5, 0.6) is 0 Å². The second-order valence-corrected chi connectivity index (χ2v) is 7.30. The maximum atomic E-state index is 13.3. The minimum atomic E-state index is -0.277. The van der Waals surface area contributed by atoms with Crippen LogP contribution in [0.4, 0.5) is 4.39 Å². The van der Waals surface area contributed by atoms with E-state index in [0.717, 1.165) is 29.2 Å². The lowest BCUT2D eigenvalue weighted by atomic mass is 10.1. The lowest BCUT2D eigenvalue weighted by Gasteiger charge is -2.26. The van der Waals surface area contributed by atoms with Gasteiger partial charge in [0.1, 0.15) is 10.8 Å². The fraction of sp³-hybridized carbons (Fsp3) is 0.474. The largest absolute Gasteiger partial charge is 0.356 e. The van der Waals surface area contributed by atoms with Gasteiger partial charge in [-0.2, -0.15) is 0 Å². The summed E-state index contributed by atoms with van der Waals surface area (Å²) in [5.41, 5.74) is 1.48. The SMILES string of the molecule is O=C(Cc1csc(-c2cccc(F)c2)n1)NCCCN1CCCCC1. The van der Waals surface area contributed by atoms with Gasteiger partial charge in [-0.3, -0.25) is 4.79 Å². The van der Waals surface area contributed by atoms with Crippen LogP contribution in [0.25, 0.3) is 10.6 Å². The van der Waals surface area contributed by atoms with Gasteiger partial charge in [0.05, 0.1) is 12.1 Å². The zero-order valence-electron chi connectivity index (χ0n) is 14.3. The molecule has 6 heteroatoms. The molecule has 0 aliphatic carbocycles. The van der Waals surface area contributed by atoms with Gasteiger partial charge in [0.25, 0.3) is 0 Å². The van der Waals surface area contributed by atoms with Gasteiger partial charge in [-0.25, -0.2) is 9.37 Å². The van der Waals surface area contributed by atoms with Crippen LogP contribution >= 0.6 is 11.3 Å². The first kappa shape index (κ1) is 18.0. The molecule has 0 spiro atoms. The molecule has 1 fully saturated rings. The molecule has 1 amide bonds. The highest BCUT2D eigenvalue weighted by atomic mass is 32.1. The van der Waals surface area contributed by atoms with Crippen molar-refractivity contribution >= 4 is 17.2 Å². The first-order chi connectivity index (χ1) is 12.2. The summed E-state index contributed by atoms with van der Waals surface area (Å²) in [5.74, 6) is -0.282. The molecule has 1 N–H and O–H groups in total. The van der Waals surface area contributed by atoms with Gasteiger partial charge < -0.3 is 10.2 Å². The van der Waals surface area contributed by atoms with Crippen LogP contribution in [0.15, 0.2) is 29.6 Å². The first-order valence-electron chi connectivity index (χ1n) is 8.90. The molecule has 134 valence electrons. The Morgan fingerprint density at radius 2 is 2.12 bits per heavy atom. The molecule has 1 saturated heterocycles. The molecule has 1 aliphatic heterocycles. The number of nitrogens with one attached hydrogen (secondary N) is 1. The third-order valence-corrected chi connectivity index (χ3v) is 5.33. The predicted molar refractivity (Wildman–Crippen MR) is 99.1 cm³/mol. The Morgan fingerprint density at radius 1 is 1.28 bits per heavy atom. The maximum absolute atomic E-state index is 13.3. The number of hydrogen-bond acceptors (Lipinski definition) is 4. The van der Waals surface area contributed by atoms with Gasteiger partial charge in [-0.1, -0.05) is 18.6 Å². The highest BCUT2D eigenvalue weighted by Gasteiger charge is 2.11. The molecule has 4 nitrogen and oxygen atoms in total. The number of thiazole rings is 1. The summed E-state index contributed by atoms with van der Waals surface area (Å²) < 4.78 is 13.3. The van der Waals surface area contributed by atoms with E-state index in [-0.39, 0.29) is 18.1 Å². The second kappa shape index (κ2) is 9.06. The minimum absolute atomic E-state index is 0.00487. The van der Waals surface area contributed by atoms with Crippen LogP contribution in [0.2, 0.25) is 0 Å². The zero-order valence-corrected chi connectivity index (χ0v) is 15.2. The van der Waals surface area contributed by atoms with Crippen LogP contribution in [-0.2, 0) is 11.2 Å². The van der Waals surface area contributed by atoms with Crippen molar-refractivity contribution in [1.82, 2.24) is 15.2 Å². The van der Waals surface area contributed by atoms with Gasteiger partial charge in [0.2, 0.25) is 5.91 Å². The summed E-state index contributed by atoms with van der Waals surface area (Å²) in [4.78, 5) is 19.0. The highest BCUT2D eigenvalue weighted by Crippen LogP contribution is 2.24. The Labute approximate surface area is 152 Å². The number of rotatable bonds is 7. The normalized spacial score (nSPS) is 15.2. The number of nitrogens with zero attached hydrogens (tertiary/aromatic N) is 2. The van der Waals surface area contributed by atoms with Gasteiger partial charge in [0.15, 0.2) is 0 Å². The van der Waals surface area contributed by atoms with E-state index in [1.165, 1.54) is 55.8 Å². The molecule has 0 unspecified atom stereocenters. The summed E-state index contributed by atoms with van der Waals surface area (Å²) in [6, 6.07) is 6.37. The molecule has 0 bridgehead atoms. The van der Waals surface area contributed by atoms with Gasteiger partial charge in [0, 0.05) is 17.5 Å². The van der Waals surface area contributed by atoms with Crippen molar-refractivity contribution < 1.29 is 9.18 Å². The van der Waals surface area contributed by atoms with Crippen LogP contribution < -0.4 is 5.32 Å². The zero-order chi connectivity index (χ0) is 17.5. The number of piperidine rings is 1. The minimum Gasteiger partial charge on any atom is -0.356 e. The molecule has 0 radical (unpaired) electrons. The fourth-order valence-electron chi connectivity index (χ4n) is 3.08. The lowest BCUT2D eigenvalue weighted by molar-refractivity contribution is -0.120. The average Bonchev–Trinajstić information content (AvgIpc) is 3.08. The highest BCUT2D eigenvalue weighted by molar-refractivity contribution is 7.13. The fourth-order valence-corrected chi connectivity index (χ4v) is 3.90. The van der Waals surface area contributed by atoms with Gasteiger partial charge in [-0.05, 0) is 51.0 Å². The van der Waals surface area contributed by atoms with E-state index in [0.29, 0.717) is 6.54 Å². The van der Waals surface area contributed by atoms with Crippen molar-refractivity contribution in [2.75, 3.05) is 26.2 Å².